The van der Waals surface area contributed by atoms with Crippen LogP contribution in [0.5, 0.6) is 0 Å². The number of morpholine rings is 1. The molecule has 0 saturated carbocycles. The first-order chi connectivity index (χ1) is 8.66. The molecule has 1 saturated heterocycles. The van der Waals surface area contributed by atoms with Gasteiger partial charge in [-0.2, -0.15) is 5.10 Å². The number of hydrogen-bond donors (Lipinski definition) is 1. The highest BCUT2D eigenvalue weighted by molar-refractivity contribution is 5.84. The molecule has 7 heteroatoms. The van der Waals surface area contributed by atoms with Crippen molar-refractivity contribution in [3.8, 4) is 0 Å². The van der Waals surface area contributed by atoms with Gasteiger partial charge in [0, 0.05) is 25.7 Å². The van der Waals surface area contributed by atoms with Crippen LogP contribution in [0.3, 0.4) is 0 Å². The van der Waals surface area contributed by atoms with Crippen molar-refractivity contribution in [2.45, 2.75) is 6.54 Å². The van der Waals surface area contributed by atoms with Crippen molar-refractivity contribution in [2.75, 3.05) is 32.8 Å². The Labute approximate surface area is 104 Å². The number of aromatic carboxylic acids is 1. The van der Waals surface area contributed by atoms with Crippen LogP contribution in [-0.2, 0) is 11.3 Å². The van der Waals surface area contributed by atoms with Crippen LogP contribution < -0.4 is 5.56 Å². The number of carboxylic acid groups (broad SMARTS) is 1. The van der Waals surface area contributed by atoms with Gasteiger partial charge in [-0.3, -0.25) is 9.69 Å². The van der Waals surface area contributed by atoms with E-state index in [9.17, 15) is 9.59 Å². The van der Waals surface area contributed by atoms with Crippen molar-refractivity contribution < 1.29 is 14.6 Å². The fourth-order valence-electron chi connectivity index (χ4n) is 1.78. The second kappa shape index (κ2) is 5.74. The fourth-order valence-corrected chi connectivity index (χ4v) is 1.78. The van der Waals surface area contributed by atoms with Gasteiger partial charge in [-0.25, -0.2) is 9.48 Å². The molecule has 0 bridgehead atoms. The van der Waals surface area contributed by atoms with E-state index in [1.165, 1.54) is 16.8 Å². The summed E-state index contributed by atoms with van der Waals surface area (Å²) in [6.07, 6.45) is 0. The number of carboxylic acids is 1. The highest BCUT2D eigenvalue weighted by Crippen LogP contribution is 1.97. The van der Waals surface area contributed by atoms with Gasteiger partial charge in [-0.1, -0.05) is 0 Å². The molecule has 2 heterocycles. The molecule has 0 aromatic carbocycles. The van der Waals surface area contributed by atoms with Gasteiger partial charge >= 0.3 is 5.97 Å². The summed E-state index contributed by atoms with van der Waals surface area (Å²) < 4.78 is 6.42. The number of ether oxygens (including phenoxy) is 1. The van der Waals surface area contributed by atoms with Crippen molar-refractivity contribution in [1.82, 2.24) is 14.7 Å². The van der Waals surface area contributed by atoms with E-state index in [0.29, 0.717) is 26.3 Å². The number of carbonyl (C=O) groups is 1. The Kier molecular flexibility index (Phi) is 4.06. The third-order valence-corrected chi connectivity index (χ3v) is 2.82. The Morgan fingerprint density at radius 1 is 1.33 bits per heavy atom. The first-order valence-electron chi connectivity index (χ1n) is 5.78. The van der Waals surface area contributed by atoms with Crippen LogP contribution >= 0.6 is 0 Å². The average molecular weight is 253 g/mol. The average Bonchev–Trinajstić information content (AvgIpc) is 2.38. The van der Waals surface area contributed by atoms with Crippen molar-refractivity contribution in [2.24, 2.45) is 0 Å². The molecule has 1 aromatic rings. The first kappa shape index (κ1) is 12.7. The molecule has 18 heavy (non-hydrogen) atoms. The molecular formula is C11H15N3O4. The van der Waals surface area contributed by atoms with Crippen molar-refractivity contribution in [3.05, 3.63) is 28.2 Å². The monoisotopic (exact) mass is 253 g/mol. The van der Waals surface area contributed by atoms with Crippen LogP contribution in [0, 0.1) is 0 Å². The lowest BCUT2D eigenvalue weighted by Gasteiger charge is -2.26. The van der Waals surface area contributed by atoms with Crippen LogP contribution in [0.25, 0.3) is 0 Å². The summed E-state index contributed by atoms with van der Waals surface area (Å²) in [7, 11) is 0. The lowest BCUT2D eigenvalue weighted by atomic mass is 10.4. The predicted octanol–water partition coefficient (Wildman–Crippen LogP) is -0.726. The lowest BCUT2D eigenvalue weighted by Crippen LogP contribution is -2.39. The summed E-state index contributed by atoms with van der Waals surface area (Å²) in [4.78, 5) is 24.5. The third-order valence-electron chi connectivity index (χ3n) is 2.82. The molecule has 1 fully saturated rings. The van der Waals surface area contributed by atoms with Crippen LogP contribution in [0.1, 0.15) is 10.5 Å². The van der Waals surface area contributed by atoms with E-state index < -0.39 is 5.97 Å². The maximum absolute atomic E-state index is 11.5. The topological polar surface area (TPSA) is 84.7 Å². The molecule has 1 aliphatic rings. The Morgan fingerprint density at radius 3 is 2.72 bits per heavy atom. The molecule has 2 rings (SSSR count). The highest BCUT2D eigenvalue weighted by atomic mass is 16.5. The Balaban J connectivity index is 2.01. The van der Waals surface area contributed by atoms with E-state index in [1.807, 2.05) is 0 Å². The van der Waals surface area contributed by atoms with Gasteiger partial charge in [0.25, 0.3) is 5.56 Å². The van der Waals surface area contributed by atoms with Gasteiger partial charge in [0.1, 0.15) is 0 Å². The normalized spacial score (nSPS) is 16.7. The summed E-state index contributed by atoms with van der Waals surface area (Å²) in [5, 5.41) is 12.6. The van der Waals surface area contributed by atoms with E-state index in [1.54, 1.807) is 0 Å². The number of rotatable bonds is 4. The first-order valence-corrected chi connectivity index (χ1v) is 5.78. The molecule has 0 spiro atoms. The van der Waals surface area contributed by atoms with Crippen molar-refractivity contribution in [1.29, 1.82) is 0 Å². The number of aromatic nitrogens is 2. The molecule has 0 amide bonds. The molecule has 0 aliphatic carbocycles. The molecule has 0 radical (unpaired) electrons. The highest BCUT2D eigenvalue weighted by Gasteiger charge is 2.11. The Bertz CT molecular complexity index is 479. The van der Waals surface area contributed by atoms with Crippen LogP contribution in [-0.4, -0.2) is 58.6 Å². The molecule has 1 N–H and O–H groups in total. The summed E-state index contributed by atoms with van der Waals surface area (Å²) in [6.45, 7) is 4.09. The van der Waals surface area contributed by atoms with Gasteiger partial charge in [0.2, 0.25) is 0 Å². The quantitative estimate of drug-likeness (QED) is 0.761. The predicted molar refractivity (Wildman–Crippen MR) is 62.7 cm³/mol. The van der Waals surface area contributed by atoms with Crippen LogP contribution in [0.15, 0.2) is 16.9 Å². The smallest absolute Gasteiger partial charge is 0.356 e. The third kappa shape index (κ3) is 3.14. The summed E-state index contributed by atoms with van der Waals surface area (Å²) in [5.41, 5.74) is -0.398. The molecule has 1 aromatic heterocycles. The molecule has 7 nitrogen and oxygen atoms in total. The van der Waals surface area contributed by atoms with Gasteiger partial charge in [-0.15, -0.1) is 0 Å². The minimum atomic E-state index is -1.13. The largest absolute Gasteiger partial charge is 0.476 e. The van der Waals surface area contributed by atoms with Gasteiger partial charge < -0.3 is 9.84 Å². The molecular weight excluding hydrogens is 238 g/mol. The molecule has 0 unspecified atom stereocenters. The van der Waals surface area contributed by atoms with Crippen LogP contribution in [0.2, 0.25) is 0 Å². The summed E-state index contributed by atoms with van der Waals surface area (Å²) in [5.74, 6) is -1.13. The SMILES string of the molecule is O=C(O)c1ccc(=O)n(CCN2CCOCC2)n1. The van der Waals surface area contributed by atoms with Crippen LogP contribution in [0.4, 0.5) is 0 Å². The zero-order valence-corrected chi connectivity index (χ0v) is 9.91. The Hall–Kier alpha value is -1.73. The fraction of sp³-hybridized carbons (Fsp3) is 0.545. The van der Waals surface area contributed by atoms with E-state index in [0.717, 1.165) is 13.1 Å². The lowest BCUT2D eigenvalue weighted by molar-refractivity contribution is 0.0357. The molecule has 0 atom stereocenters. The van der Waals surface area contributed by atoms with E-state index in [2.05, 4.69) is 10.00 Å². The molecule has 98 valence electrons. The second-order valence-electron chi connectivity index (χ2n) is 4.04. The summed E-state index contributed by atoms with van der Waals surface area (Å²) >= 11 is 0. The number of hydrogen-bond acceptors (Lipinski definition) is 5. The van der Waals surface area contributed by atoms with Gasteiger partial charge in [-0.05, 0) is 6.07 Å². The second-order valence-corrected chi connectivity index (χ2v) is 4.04. The molecule has 1 aliphatic heterocycles. The zero-order valence-electron chi connectivity index (χ0n) is 9.91. The Morgan fingerprint density at radius 2 is 2.06 bits per heavy atom. The zero-order chi connectivity index (χ0) is 13.0. The standard InChI is InChI=1S/C11H15N3O4/c15-10-2-1-9(11(16)17)12-14(10)4-3-13-5-7-18-8-6-13/h1-2H,3-8H2,(H,16,17). The maximum atomic E-state index is 11.5. The maximum Gasteiger partial charge on any atom is 0.356 e. The number of nitrogens with zero attached hydrogens (tertiary/aromatic N) is 3. The van der Waals surface area contributed by atoms with Gasteiger partial charge in [0.05, 0.1) is 19.8 Å². The minimum Gasteiger partial charge on any atom is -0.476 e. The van der Waals surface area contributed by atoms with E-state index >= 15 is 0 Å². The van der Waals surface area contributed by atoms with Crippen molar-refractivity contribution >= 4 is 5.97 Å². The van der Waals surface area contributed by atoms with E-state index in [-0.39, 0.29) is 11.3 Å². The minimum absolute atomic E-state index is 0.114. The van der Waals surface area contributed by atoms with E-state index in [4.69, 9.17) is 9.84 Å². The van der Waals surface area contributed by atoms with Gasteiger partial charge in [0.15, 0.2) is 5.69 Å². The summed E-state index contributed by atoms with van der Waals surface area (Å²) in [6, 6.07) is 2.45. The van der Waals surface area contributed by atoms with Crippen molar-refractivity contribution in [3.63, 3.8) is 0 Å².